The van der Waals surface area contributed by atoms with Crippen LogP contribution in [0.15, 0.2) is 18.2 Å². The molecule has 1 heterocycles. The van der Waals surface area contributed by atoms with Gasteiger partial charge in [-0.1, -0.05) is 44.0 Å². The van der Waals surface area contributed by atoms with Crippen LogP contribution in [0.4, 0.5) is 4.79 Å². The second-order valence-corrected chi connectivity index (χ2v) is 9.81. The highest BCUT2D eigenvalue weighted by Gasteiger charge is 2.56. The van der Waals surface area contributed by atoms with Crippen molar-refractivity contribution in [2.24, 2.45) is 11.3 Å². The molecule has 1 aromatic rings. The van der Waals surface area contributed by atoms with Gasteiger partial charge in [-0.15, -0.1) is 0 Å². The van der Waals surface area contributed by atoms with E-state index in [1.165, 1.54) is 18.2 Å². The highest BCUT2D eigenvalue weighted by molar-refractivity contribution is 6.36. The van der Waals surface area contributed by atoms with Crippen LogP contribution < -0.4 is 5.32 Å². The Morgan fingerprint density at radius 2 is 1.93 bits per heavy atom. The zero-order chi connectivity index (χ0) is 22.3. The van der Waals surface area contributed by atoms with E-state index >= 15 is 0 Å². The third kappa shape index (κ3) is 4.62. The number of urea groups is 1. The third-order valence-electron chi connectivity index (χ3n) is 5.51. The Hall–Kier alpha value is -2.12. The van der Waals surface area contributed by atoms with Crippen molar-refractivity contribution in [1.29, 1.82) is 0 Å². The predicted octanol–water partition coefficient (Wildman–Crippen LogP) is 3.86. The first-order chi connectivity index (χ1) is 13.9. The zero-order valence-corrected chi connectivity index (χ0v) is 18.6. The van der Waals surface area contributed by atoms with Gasteiger partial charge in [0.1, 0.15) is 12.1 Å². The summed E-state index contributed by atoms with van der Waals surface area (Å²) in [6.45, 7) is 5.07. The van der Waals surface area contributed by atoms with Crippen LogP contribution in [0, 0.1) is 11.3 Å². The van der Waals surface area contributed by atoms with Crippen molar-refractivity contribution in [3.8, 4) is 0 Å². The number of carbonyl (C=O) groups excluding carboxylic acids is 4. The molecule has 2 fully saturated rings. The average Bonchev–Trinajstić information content (AvgIpc) is 2.81. The Morgan fingerprint density at radius 3 is 2.57 bits per heavy atom. The molecule has 0 bridgehead atoms. The standard InChI is InChI=1S/C21H24Cl2N2O5/c1-12-7-20(2,3)11-21(8-12)18(28)25(19(29)24-21)9-17(27)30-10-16(26)14-5-4-13(22)6-15(14)23/h4-6,12H,7-11H2,1-3H3,(H,24,29). The van der Waals surface area contributed by atoms with Crippen molar-refractivity contribution in [1.82, 2.24) is 10.2 Å². The minimum atomic E-state index is -0.995. The van der Waals surface area contributed by atoms with E-state index in [2.05, 4.69) is 19.2 Å². The third-order valence-corrected chi connectivity index (χ3v) is 6.06. The molecule has 7 nitrogen and oxygen atoms in total. The number of ether oxygens (including phenoxy) is 1. The summed E-state index contributed by atoms with van der Waals surface area (Å²) < 4.78 is 4.99. The van der Waals surface area contributed by atoms with E-state index in [0.29, 0.717) is 17.9 Å². The van der Waals surface area contributed by atoms with Gasteiger partial charge in [0, 0.05) is 10.6 Å². The molecule has 1 N–H and O–H groups in total. The van der Waals surface area contributed by atoms with E-state index in [-0.39, 0.29) is 21.9 Å². The molecule has 3 rings (SSSR count). The van der Waals surface area contributed by atoms with Gasteiger partial charge in [0.25, 0.3) is 5.91 Å². The van der Waals surface area contributed by atoms with Gasteiger partial charge in [-0.25, -0.2) is 4.79 Å². The van der Waals surface area contributed by atoms with Crippen molar-refractivity contribution in [2.45, 2.75) is 45.6 Å². The number of nitrogens with zero attached hydrogens (tertiary/aromatic N) is 1. The Morgan fingerprint density at radius 1 is 1.23 bits per heavy atom. The molecule has 2 aliphatic rings. The van der Waals surface area contributed by atoms with E-state index in [0.717, 1.165) is 11.3 Å². The maximum Gasteiger partial charge on any atom is 0.326 e. The number of hydrogen-bond acceptors (Lipinski definition) is 5. The van der Waals surface area contributed by atoms with Crippen molar-refractivity contribution < 1.29 is 23.9 Å². The van der Waals surface area contributed by atoms with Crippen LogP contribution in [-0.4, -0.2) is 47.3 Å². The lowest BCUT2D eigenvalue weighted by Gasteiger charge is -2.43. The van der Waals surface area contributed by atoms with E-state index in [4.69, 9.17) is 27.9 Å². The second kappa shape index (κ2) is 8.19. The molecule has 1 spiro atoms. The monoisotopic (exact) mass is 454 g/mol. The van der Waals surface area contributed by atoms with Gasteiger partial charge in [-0.05, 0) is 48.8 Å². The average molecular weight is 455 g/mol. The maximum absolute atomic E-state index is 13.0. The number of hydrogen-bond donors (Lipinski definition) is 1. The van der Waals surface area contributed by atoms with Crippen LogP contribution in [0.5, 0.6) is 0 Å². The van der Waals surface area contributed by atoms with Gasteiger partial charge in [0.05, 0.1) is 5.02 Å². The Labute approximate surface area is 185 Å². The first-order valence-corrected chi connectivity index (χ1v) is 10.5. The van der Waals surface area contributed by atoms with E-state index in [1.807, 2.05) is 6.92 Å². The minimum absolute atomic E-state index is 0.110. The summed E-state index contributed by atoms with van der Waals surface area (Å²) in [6, 6.07) is 3.74. The predicted molar refractivity (Wildman–Crippen MR) is 112 cm³/mol. The molecule has 9 heteroatoms. The number of esters is 1. The van der Waals surface area contributed by atoms with Gasteiger partial charge >= 0.3 is 12.0 Å². The smallest absolute Gasteiger partial charge is 0.326 e. The van der Waals surface area contributed by atoms with E-state index in [1.54, 1.807) is 0 Å². The van der Waals surface area contributed by atoms with Gasteiger partial charge in [0.15, 0.2) is 6.61 Å². The van der Waals surface area contributed by atoms with Crippen LogP contribution in [0.25, 0.3) is 0 Å². The first-order valence-electron chi connectivity index (χ1n) is 9.70. The highest BCUT2D eigenvalue weighted by atomic mass is 35.5. The summed E-state index contributed by atoms with van der Waals surface area (Å²) >= 11 is 11.8. The van der Waals surface area contributed by atoms with Crippen LogP contribution in [-0.2, 0) is 14.3 Å². The SMILES string of the molecule is CC1CC(C)(C)CC2(C1)NC(=O)N(CC(=O)OCC(=O)c1ccc(Cl)cc1Cl)C2=O. The lowest BCUT2D eigenvalue weighted by molar-refractivity contribution is -0.147. The van der Waals surface area contributed by atoms with Crippen molar-refractivity contribution >= 4 is 46.9 Å². The number of carbonyl (C=O) groups is 4. The number of benzene rings is 1. The lowest BCUT2D eigenvalue weighted by Crippen LogP contribution is -2.54. The van der Waals surface area contributed by atoms with Crippen LogP contribution in [0.1, 0.15) is 50.4 Å². The van der Waals surface area contributed by atoms with Gasteiger partial charge in [-0.3, -0.25) is 19.3 Å². The van der Waals surface area contributed by atoms with E-state index in [9.17, 15) is 19.2 Å². The molecule has 1 aromatic carbocycles. The molecule has 3 amide bonds. The van der Waals surface area contributed by atoms with Gasteiger partial charge in [0.2, 0.25) is 5.78 Å². The fourth-order valence-corrected chi connectivity index (χ4v) is 5.28. The largest absolute Gasteiger partial charge is 0.456 e. The molecule has 1 saturated heterocycles. The van der Waals surface area contributed by atoms with Crippen molar-refractivity contribution in [2.75, 3.05) is 13.2 Å². The van der Waals surface area contributed by atoms with Crippen molar-refractivity contribution in [3.63, 3.8) is 0 Å². The van der Waals surface area contributed by atoms with Gasteiger partial charge in [-0.2, -0.15) is 0 Å². The zero-order valence-electron chi connectivity index (χ0n) is 17.1. The topological polar surface area (TPSA) is 92.8 Å². The molecule has 1 aliphatic heterocycles. The Balaban J connectivity index is 1.62. The molecule has 0 radical (unpaired) electrons. The summed E-state index contributed by atoms with van der Waals surface area (Å²) in [5, 5.41) is 3.32. The first kappa shape index (κ1) is 22.6. The quantitative estimate of drug-likeness (QED) is 0.414. The Kier molecular flexibility index (Phi) is 6.16. The number of nitrogens with one attached hydrogen (secondary N) is 1. The number of rotatable bonds is 5. The number of amides is 3. The fourth-order valence-electron chi connectivity index (χ4n) is 4.76. The molecule has 0 aromatic heterocycles. The maximum atomic E-state index is 13.0. The lowest BCUT2D eigenvalue weighted by atomic mass is 9.64. The van der Waals surface area contributed by atoms with Crippen LogP contribution >= 0.6 is 23.2 Å². The second-order valence-electron chi connectivity index (χ2n) is 8.97. The van der Waals surface area contributed by atoms with Crippen LogP contribution in [0.2, 0.25) is 10.0 Å². The highest BCUT2D eigenvalue weighted by Crippen LogP contribution is 2.46. The molecular weight excluding hydrogens is 431 g/mol. The summed E-state index contributed by atoms with van der Waals surface area (Å²) in [6.07, 6.45) is 1.99. The fraction of sp³-hybridized carbons (Fsp3) is 0.524. The van der Waals surface area contributed by atoms with E-state index < -0.39 is 42.4 Å². The molecule has 2 unspecified atom stereocenters. The Bertz CT molecular complexity index is 917. The minimum Gasteiger partial charge on any atom is -0.456 e. The number of halogens is 2. The molecular formula is C21H24Cl2N2O5. The number of Topliss-reactive ketones (excluding diaryl/α,β-unsaturated/α-hetero) is 1. The normalized spacial score (nSPS) is 25.4. The van der Waals surface area contributed by atoms with Gasteiger partial charge < -0.3 is 10.1 Å². The number of ketones is 1. The molecule has 1 saturated carbocycles. The molecule has 30 heavy (non-hydrogen) atoms. The number of imide groups is 1. The molecule has 162 valence electrons. The van der Waals surface area contributed by atoms with Crippen molar-refractivity contribution in [3.05, 3.63) is 33.8 Å². The molecule has 1 aliphatic carbocycles. The van der Waals surface area contributed by atoms with Crippen LogP contribution in [0.3, 0.4) is 0 Å². The summed E-state index contributed by atoms with van der Waals surface area (Å²) in [5.41, 5.74) is -0.937. The summed E-state index contributed by atoms with van der Waals surface area (Å²) in [4.78, 5) is 50.8. The summed E-state index contributed by atoms with van der Waals surface area (Å²) in [5.74, 6) is -1.53. The molecule has 2 atom stereocenters. The summed E-state index contributed by atoms with van der Waals surface area (Å²) in [7, 11) is 0.